The number of H-pyrrole nitrogens is 1. The van der Waals surface area contributed by atoms with Crippen LogP contribution in [0.1, 0.15) is 49.4 Å². The molecule has 3 nitrogen and oxygen atoms in total. The second-order valence-corrected chi connectivity index (χ2v) is 6.20. The van der Waals surface area contributed by atoms with Gasteiger partial charge in [0.15, 0.2) is 5.82 Å². The van der Waals surface area contributed by atoms with Gasteiger partial charge in [0.1, 0.15) is 5.82 Å². The number of benzene rings is 1. The number of aromatic nitrogens is 3. The van der Waals surface area contributed by atoms with Crippen molar-refractivity contribution in [3.8, 4) is 11.4 Å². The lowest BCUT2D eigenvalue weighted by Crippen LogP contribution is -2.06. The maximum absolute atomic E-state index is 4.69. The molecular formula is C15H18BrN3. The average Bonchev–Trinajstić information content (AvgIpc) is 2.93. The molecule has 0 amide bonds. The van der Waals surface area contributed by atoms with Crippen molar-refractivity contribution >= 4 is 15.9 Å². The van der Waals surface area contributed by atoms with Crippen LogP contribution in [-0.2, 0) is 0 Å². The Labute approximate surface area is 122 Å². The van der Waals surface area contributed by atoms with Crippen molar-refractivity contribution in [1.82, 2.24) is 15.2 Å². The van der Waals surface area contributed by atoms with Crippen molar-refractivity contribution in [3.05, 3.63) is 34.1 Å². The highest BCUT2D eigenvalue weighted by atomic mass is 79.9. The van der Waals surface area contributed by atoms with Gasteiger partial charge >= 0.3 is 0 Å². The van der Waals surface area contributed by atoms with Gasteiger partial charge in [-0.3, -0.25) is 5.10 Å². The highest BCUT2D eigenvalue weighted by molar-refractivity contribution is 9.10. The second kappa shape index (κ2) is 5.45. The molecular weight excluding hydrogens is 302 g/mol. The van der Waals surface area contributed by atoms with Crippen molar-refractivity contribution in [3.63, 3.8) is 0 Å². The molecule has 0 aliphatic heterocycles. The van der Waals surface area contributed by atoms with Gasteiger partial charge in [0.2, 0.25) is 0 Å². The summed E-state index contributed by atoms with van der Waals surface area (Å²) in [6.07, 6.45) is 6.49. The van der Waals surface area contributed by atoms with E-state index in [2.05, 4.69) is 51.3 Å². The Morgan fingerprint density at radius 1 is 1.21 bits per heavy atom. The number of hydrogen-bond acceptors (Lipinski definition) is 2. The Hall–Kier alpha value is -1.16. The van der Waals surface area contributed by atoms with Gasteiger partial charge in [0.05, 0.1) is 0 Å². The molecule has 1 heterocycles. The number of hydrogen-bond donors (Lipinski definition) is 1. The number of nitrogens with zero attached hydrogens (tertiary/aromatic N) is 2. The smallest absolute Gasteiger partial charge is 0.181 e. The monoisotopic (exact) mass is 319 g/mol. The van der Waals surface area contributed by atoms with Crippen LogP contribution in [0, 0.1) is 6.92 Å². The van der Waals surface area contributed by atoms with E-state index in [0.717, 1.165) is 21.7 Å². The van der Waals surface area contributed by atoms with E-state index in [9.17, 15) is 0 Å². The standard InChI is InChI=1S/C15H18BrN3/c1-10-9-12(7-8-13(10)16)15-17-14(18-19-15)11-5-3-2-4-6-11/h7-9,11H,2-6H2,1H3,(H,17,18,19). The summed E-state index contributed by atoms with van der Waals surface area (Å²) in [6.45, 7) is 2.09. The summed E-state index contributed by atoms with van der Waals surface area (Å²) < 4.78 is 1.12. The van der Waals surface area contributed by atoms with Gasteiger partial charge in [-0.2, -0.15) is 5.10 Å². The lowest BCUT2D eigenvalue weighted by Gasteiger charge is -2.18. The van der Waals surface area contributed by atoms with E-state index in [-0.39, 0.29) is 0 Å². The second-order valence-electron chi connectivity index (χ2n) is 5.34. The highest BCUT2D eigenvalue weighted by Crippen LogP contribution is 2.31. The van der Waals surface area contributed by atoms with E-state index in [4.69, 9.17) is 4.98 Å². The van der Waals surface area contributed by atoms with Crippen LogP contribution in [-0.4, -0.2) is 15.2 Å². The molecule has 0 spiro atoms. The summed E-state index contributed by atoms with van der Waals surface area (Å²) in [4.78, 5) is 4.69. The Balaban J connectivity index is 1.85. The molecule has 1 fully saturated rings. The van der Waals surface area contributed by atoms with Crippen molar-refractivity contribution < 1.29 is 0 Å². The van der Waals surface area contributed by atoms with Gasteiger partial charge in [0, 0.05) is 16.0 Å². The molecule has 1 aromatic carbocycles. The minimum atomic E-state index is 0.576. The van der Waals surface area contributed by atoms with E-state index < -0.39 is 0 Å². The lowest BCUT2D eigenvalue weighted by molar-refractivity contribution is 0.429. The van der Waals surface area contributed by atoms with Crippen LogP contribution in [0.2, 0.25) is 0 Å². The van der Waals surface area contributed by atoms with Gasteiger partial charge in [0.25, 0.3) is 0 Å². The first kappa shape index (κ1) is 12.9. The summed E-state index contributed by atoms with van der Waals surface area (Å²) in [7, 11) is 0. The van der Waals surface area contributed by atoms with Gasteiger partial charge in [-0.1, -0.05) is 35.2 Å². The van der Waals surface area contributed by atoms with Crippen LogP contribution in [0.3, 0.4) is 0 Å². The maximum atomic E-state index is 4.69. The van der Waals surface area contributed by atoms with Crippen LogP contribution in [0.4, 0.5) is 0 Å². The Bertz CT molecular complexity index is 571. The van der Waals surface area contributed by atoms with Gasteiger partial charge < -0.3 is 0 Å². The Morgan fingerprint density at radius 3 is 2.74 bits per heavy atom. The summed E-state index contributed by atoms with van der Waals surface area (Å²) in [5.74, 6) is 2.46. The van der Waals surface area contributed by atoms with Crippen LogP contribution in [0.15, 0.2) is 22.7 Å². The van der Waals surface area contributed by atoms with Crippen molar-refractivity contribution in [2.45, 2.75) is 44.9 Å². The van der Waals surface area contributed by atoms with E-state index in [1.54, 1.807) is 0 Å². The van der Waals surface area contributed by atoms with Crippen molar-refractivity contribution in [2.75, 3.05) is 0 Å². The molecule has 0 atom stereocenters. The zero-order chi connectivity index (χ0) is 13.2. The molecule has 3 rings (SSSR count). The normalized spacial score (nSPS) is 16.7. The minimum Gasteiger partial charge on any atom is -0.262 e. The summed E-state index contributed by atoms with van der Waals surface area (Å²) in [5.41, 5.74) is 2.29. The topological polar surface area (TPSA) is 41.6 Å². The van der Waals surface area contributed by atoms with E-state index in [0.29, 0.717) is 5.92 Å². The predicted molar refractivity (Wildman–Crippen MR) is 80.1 cm³/mol. The third-order valence-corrected chi connectivity index (χ3v) is 4.80. The van der Waals surface area contributed by atoms with Gasteiger partial charge in [-0.15, -0.1) is 0 Å². The summed E-state index contributed by atoms with van der Waals surface area (Å²) >= 11 is 3.52. The summed E-state index contributed by atoms with van der Waals surface area (Å²) in [6, 6.07) is 6.24. The zero-order valence-corrected chi connectivity index (χ0v) is 12.7. The van der Waals surface area contributed by atoms with Gasteiger partial charge in [-0.25, -0.2) is 4.98 Å². The fourth-order valence-electron chi connectivity index (χ4n) is 2.75. The molecule has 1 N–H and O–H groups in total. The molecule has 0 saturated heterocycles. The summed E-state index contributed by atoms with van der Waals surface area (Å²) in [5, 5.41) is 7.52. The molecule has 4 heteroatoms. The first-order valence-corrected chi connectivity index (χ1v) is 7.72. The largest absolute Gasteiger partial charge is 0.262 e. The molecule has 100 valence electrons. The van der Waals surface area contributed by atoms with Crippen molar-refractivity contribution in [1.29, 1.82) is 0 Å². The SMILES string of the molecule is Cc1cc(-c2n[nH]c(C3CCCCC3)n2)ccc1Br. The predicted octanol–water partition coefficient (Wildman–Crippen LogP) is 4.59. The first-order chi connectivity index (χ1) is 9.24. The lowest BCUT2D eigenvalue weighted by atomic mass is 9.89. The molecule has 1 saturated carbocycles. The number of halogens is 1. The van der Waals surface area contributed by atoms with E-state index in [1.807, 2.05) is 0 Å². The molecule has 0 radical (unpaired) electrons. The molecule has 19 heavy (non-hydrogen) atoms. The molecule has 2 aromatic rings. The van der Waals surface area contributed by atoms with Crippen molar-refractivity contribution in [2.24, 2.45) is 0 Å². The third kappa shape index (κ3) is 2.73. The highest BCUT2D eigenvalue weighted by Gasteiger charge is 2.19. The van der Waals surface area contributed by atoms with Gasteiger partial charge in [-0.05, 0) is 43.5 Å². The maximum Gasteiger partial charge on any atom is 0.181 e. The van der Waals surface area contributed by atoms with Crippen LogP contribution >= 0.6 is 15.9 Å². The average molecular weight is 320 g/mol. The van der Waals surface area contributed by atoms with Crippen LogP contribution in [0.25, 0.3) is 11.4 Å². The Kier molecular flexibility index (Phi) is 3.69. The molecule has 1 aromatic heterocycles. The van der Waals surface area contributed by atoms with E-state index >= 15 is 0 Å². The number of rotatable bonds is 2. The molecule has 1 aliphatic carbocycles. The quantitative estimate of drug-likeness (QED) is 0.879. The zero-order valence-electron chi connectivity index (χ0n) is 11.1. The fraction of sp³-hybridized carbons (Fsp3) is 0.467. The van der Waals surface area contributed by atoms with Crippen LogP contribution in [0.5, 0.6) is 0 Å². The van der Waals surface area contributed by atoms with E-state index in [1.165, 1.54) is 37.7 Å². The number of aromatic amines is 1. The molecule has 0 unspecified atom stereocenters. The first-order valence-electron chi connectivity index (χ1n) is 6.93. The third-order valence-electron chi connectivity index (χ3n) is 3.91. The van der Waals surface area contributed by atoms with Crippen LogP contribution < -0.4 is 0 Å². The molecule has 1 aliphatic rings. The Morgan fingerprint density at radius 2 is 2.00 bits per heavy atom. The minimum absolute atomic E-state index is 0.576. The number of aryl methyl sites for hydroxylation is 1. The number of nitrogens with one attached hydrogen (secondary N) is 1. The molecule has 0 bridgehead atoms. The fourth-order valence-corrected chi connectivity index (χ4v) is 2.99.